The number of benzene rings is 2. The third-order valence-electron chi connectivity index (χ3n) is 7.07. The number of nitrogens with zero attached hydrogens (tertiary/aromatic N) is 2. The molecule has 4 rings (SSSR count). The Morgan fingerprint density at radius 3 is 2.77 bits per heavy atom. The molecule has 1 N–H and O–H groups in total. The highest BCUT2D eigenvalue weighted by atomic mass is 16.2. The Labute approximate surface area is 181 Å². The fraction of sp³-hybridized carbons (Fsp3) is 0.577. The summed E-state index contributed by atoms with van der Waals surface area (Å²) in [7, 11) is 0. The van der Waals surface area contributed by atoms with E-state index in [-0.39, 0.29) is 11.9 Å². The minimum atomic E-state index is 0.0124. The number of carbonyl (C=O) groups excluding carboxylic acids is 1. The molecule has 0 aliphatic carbocycles. The van der Waals surface area contributed by atoms with Crippen molar-refractivity contribution in [3.63, 3.8) is 0 Å². The Morgan fingerprint density at radius 1 is 1.07 bits per heavy atom. The third-order valence-corrected chi connectivity index (χ3v) is 7.07. The summed E-state index contributed by atoms with van der Waals surface area (Å²) in [5.41, 5.74) is 1.19. The molecule has 2 aromatic rings. The van der Waals surface area contributed by atoms with Crippen LogP contribution in [0.4, 0.5) is 0 Å². The van der Waals surface area contributed by atoms with E-state index in [9.17, 15) is 4.79 Å². The van der Waals surface area contributed by atoms with Crippen LogP contribution in [0.3, 0.4) is 0 Å². The predicted molar refractivity (Wildman–Crippen MR) is 125 cm³/mol. The molecule has 2 saturated heterocycles. The summed E-state index contributed by atoms with van der Waals surface area (Å²) in [6.07, 6.45) is 6.57. The van der Waals surface area contributed by atoms with Crippen LogP contribution in [0.5, 0.6) is 0 Å². The van der Waals surface area contributed by atoms with Gasteiger partial charge in [-0.1, -0.05) is 48.9 Å². The number of rotatable bonds is 6. The van der Waals surface area contributed by atoms with Crippen LogP contribution in [-0.2, 0) is 4.79 Å². The summed E-state index contributed by atoms with van der Waals surface area (Å²) in [4.78, 5) is 17.9. The van der Waals surface area contributed by atoms with Crippen molar-refractivity contribution in [1.82, 2.24) is 15.1 Å². The second-order valence-corrected chi connectivity index (χ2v) is 9.44. The van der Waals surface area contributed by atoms with Gasteiger partial charge < -0.3 is 10.2 Å². The smallest absolute Gasteiger partial charge is 0.234 e. The summed E-state index contributed by atoms with van der Waals surface area (Å²) in [6, 6.07) is 15.5. The molecule has 1 amide bonds. The third kappa shape index (κ3) is 5.22. The minimum Gasteiger partial charge on any atom is -0.348 e. The normalized spacial score (nSPS) is 24.6. The highest BCUT2D eigenvalue weighted by Crippen LogP contribution is 2.25. The molecule has 162 valence electrons. The van der Waals surface area contributed by atoms with Gasteiger partial charge in [-0.25, -0.2) is 0 Å². The Balaban J connectivity index is 1.31. The summed E-state index contributed by atoms with van der Waals surface area (Å²) < 4.78 is 0. The van der Waals surface area contributed by atoms with E-state index < -0.39 is 0 Å². The molecule has 2 aromatic carbocycles. The van der Waals surface area contributed by atoms with Gasteiger partial charge in [0.05, 0.1) is 12.6 Å². The average molecular weight is 408 g/mol. The van der Waals surface area contributed by atoms with Gasteiger partial charge in [-0.05, 0) is 74.9 Å². The van der Waals surface area contributed by atoms with E-state index in [1.54, 1.807) is 0 Å². The van der Waals surface area contributed by atoms with Crippen molar-refractivity contribution in [2.45, 2.75) is 58.0 Å². The molecule has 2 heterocycles. The van der Waals surface area contributed by atoms with Crippen molar-refractivity contribution >= 4 is 16.7 Å². The molecule has 4 nitrogen and oxygen atoms in total. The van der Waals surface area contributed by atoms with Crippen molar-refractivity contribution in [2.75, 3.05) is 32.7 Å². The van der Waals surface area contributed by atoms with E-state index in [0.717, 1.165) is 19.1 Å². The number of hydrogen-bond acceptors (Lipinski definition) is 3. The Kier molecular flexibility index (Phi) is 7.06. The molecule has 3 atom stereocenters. The Hall–Kier alpha value is -1.91. The fourth-order valence-electron chi connectivity index (χ4n) is 5.40. The van der Waals surface area contributed by atoms with Crippen LogP contribution in [0.25, 0.3) is 10.8 Å². The number of likely N-dealkylation sites (tertiary alicyclic amines) is 2. The van der Waals surface area contributed by atoms with Crippen LogP contribution in [0, 0.1) is 5.92 Å². The summed E-state index contributed by atoms with van der Waals surface area (Å²) in [6.45, 7) is 9.53. The number of hydrogen-bond donors (Lipinski definition) is 1. The van der Waals surface area contributed by atoms with Crippen LogP contribution in [0.1, 0.15) is 57.6 Å². The molecule has 30 heavy (non-hydrogen) atoms. The van der Waals surface area contributed by atoms with Crippen LogP contribution >= 0.6 is 0 Å². The summed E-state index contributed by atoms with van der Waals surface area (Å²) >= 11 is 0. The van der Waals surface area contributed by atoms with Gasteiger partial charge in [-0.2, -0.15) is 0 Å². The molecule has 4 heteroatoms. The topological polar surface area (TPSA) is 35.6 Å². The average Bonchev–Trinajstić information content (AvgIpc) is 2.75. The van der Waals surface area contributed by atoms with E-state index in [0.29, 0.717) is 12.5 Å². The molecular weight excluding hydrogens is 370 g/mol. The zero-order valence-corrected chi connectivity index (χ0v) is 18.6. The molecule has 0 bridgehead atoms. The maximum Gasteiger partial charge on any atom is 0.234 e. The lowest BCUT2D eigenvalue weighted by Gasteiger charge is -2.39. The number of carbonyl (C=O) groups is 1. The van der Waals surface area contributed by atoms with Crippen LogP contribution < -0.4 is 5.32 Å². The lowest BCUT2D eigenvalue weighted by molar-refractivity contribution is -0.123. The van der Waals surface area contributed by atoms with Gasteiger partial charge in [0.2, 0.25) is 5.91 Å². The number of nitrogens with one attached hydrogen (secondary N) is 1. The molecule has 2 aliphatic rings. The first kappa shape index (κ1) is 21.3. The molecule has 0 saturated carbocycles. The maximum absolute atomic E-state index is 12.8. The van der Waals surface area contributed by atoms with Gasteiger partial charge in [0.25, 0.3) is 0 Å². The molecule has 0 aromatic heterocycles. The van der Waals surface area contributed by atoms with Crippen LogP contribution in [0.2, 0.25) is 0 Å². The van der Waals surface area contributed by atoms with Gasteiger partial charge in [0.15, 0.2) is 0 Å². The number of fused-ring (bicyclic) bond motifs is 1. The first-order valence-electron chi connectivity index (χ1n) is 11.8. The van der Waals surface area contributed by atoms with E-state index in [1.807, 2.05) is 0 Å². The second-order valence-electron chi connectivity index (χ2n) is 9.44. The number of amides is 1. The Bertz CT molecular complexity index is 846. The highest BCUT2D eigenvalue weighted by Gasteiger charge is 2.26. The first-order valence-corrected chi connectivity index (χ1v) is 11.8. The predicted octanol–water partition coefficient (Wildman–Crippen LogP) is 4.60. The van der Waals surface area contributed by atoms with Gasteiger partial charge in [0.1, 0.15) is 0 Å². The van der Waals surface area contributed by atoms with E-state index in [1.165, 1.54) is 61.5 Å². The number of piperidine rings is 2. The SMILES string of the molecule is CC(NC(=O)CN1CCCC(CN2CCCCC2C)C1)c1cccc2ccccc12. The molecule has 0 spiro atoms. The minimum absolute atomic E-state index is 0.0124. The Morgan fingerprint density at radius 2 is 1.90 bits per heavy atom. The van der Waals surface area contributed by atoms with Crippen molar-refractivity contribution < 1.29 is 4.79 Å². The zero-order chi connectivity index (χ0) is 20.9. The molecular formula is C26H37N3O. The molecule has 0 radical (unpaired) electrons. The van der Waals surface area contributed by atoms with Crippen molar-refractivity contribution in [1.29, 1.82) is 0 Å². The van der Waals surface area contributed by atoms with Crippen molar-refractivity contribution in [2.24, 2.45) is 5.92 Å². The molecule has 3 unspecified atom stereocenters. The summed E-state index contributed by atoms with van der Waals surface area (Å²) in [5, 5.41) is 5.70. The largest absolute Gasteiger partial charge is 0.348 e. The van der Waals surface area contributed by atoms with E-state index in [4.69, 9.17) is 0 Å². The first-order chi connectivity index (χ1) is 14.6. The lowest BCUT2D eigenvalue weighted by atomic mass is 9.94. The van der Waals surface area contributed by atoms with Crippen LogP contribution in [-0.4, -0.2) is 54.5 Å². The summed E-state index contributed by atoms with van der Waals surface area (Å²) in [5.74, 6) is 0.838. The molecule has 2 aliphatic heterocycles. The van der Waals surface area contributed by atoms with Gasteiger partial charge in [-0.15, -0.1) is 0 Å². The van der Waals surface area contributed by atoms with Crippen molar-refractivity contribution in [3.8, 4) is 0 Å². The van der Waals surface area contributed by atoms with Gasteiger partial charge in [-0.3, -0.25) is 9.69 Å². The highest BCUT2D eigenvalue weighted by molar-refractivity contribution is 5.87. The quantitative estimate of drug-likeness (QED) is 0.760. The van der Waals surface area contributed by atoms with Gasteiger partial charge >= 0.3 is 0 Å². The zero-order valence-electron chi connectivity index (χ0n) is 18.6. The monoisotopic (exact) mass is 407 g/mol. The standard InChI is InChI=1S/C26H37N3O/c1-20-9-5-6-16-29(20)18-22-10-8-15-28(17-22)19-26(30)27-21(2)24-14-7-12-23-11-3-4-13-25(23)24/h3-4,7,11-14,20-22H,5-6,8-10,15-19H2,1-2H3,(H,27,30). The fourth-order valence-corrected chi connectivity index (χ4v) is 5.40. The van der Waals surface area contributed by atoms with Crippen molar-refractivity contribution in [3.05, 3.63) is 48.0 Å². The maximum atomic E-state index is 12.8. The molecule has 2 fully saturated rings. The van der Waals surface area contributed by atoms with Gasteiger partial charge in [0, 0.05) is 19.1 Å². The lowest BCUT2D eigenvalue weighted by Crippen LogP contribution is -2.47. The second kappa shape index (κ2) is 9.93. The van der Waals surface area contributed by atoms with Crippen LogP contribution in [0.15, 0.2) is 42.5 Å². The van der Waals surface area contributed by atoms with E-state index >= 15 is 0 Å². The van der Waals surface area contributed by atoms with E-state index in [2.05, 4.69) is 71.4 Å².